The Balaban J connectivity index is 1.77. The number of nitrogens with zero attached hydrogens (tertiary/aromatic N) is 2. The molecule has 23 heavy (non-hydrogen) atoms. The Morgan fingerprint density at radius 2 is 1.83 bits per heavy atom. The number of hydrogen-bond donors (Lipinski definition) is 0. The second-order valence-electron chi connectivity index (χ2n) is 6.84. The van der Waals surface area contributed by atoms with Gasteiger partial charge in [0.25, 0.3) is 0 Å². The van der Waals surface area contributed by atoms with Gasteiger partial charge >= 0.3 is 0 Å². The first kappa shape index (κ1) is 14.5. The highest BCUT2D eigenvalue weighted by molar-refractivity contribution is 5.83. The van der Waals surface area contributed by atoms with Crippen LogP contribution in [0.5, 0.6) is 0 Å². The minimum Gasteiger partial charge on any atom is -0.342 e. The van der Waals surface area contributed by atoms with Crippen molar-refractivity contribution in [3.63, 3.8) is 0 Å². The molecule has 3 heterocycles. The molecule has 0 radical (unpaired) electrons. The highest BCUT2D eigenvalue weighted by Gasteiger charge is 2.50. The lowest BCUT2D eigenvalue weighted by atomic mass is 9.97. The second kappa shape index (κ2) is 5.24. The minimum absolute atomic E-state index is 0.0276. The van der Waals surface area contributed by atoms with Crippen LogP contribution in [0.15, 0.2) is 48.7 Å². The predicted molar refractivity (Wildman–Crippen MR) is 87.6 cm³/mol. The molecule has 1 aromatic heterocycles. The maximum Gasteiger partial charge on any atom is 0.248 e. The molecule has 4 heteroatoms. The maximum atomic E-state index is 13.1. The number of benzene rings is 1. The third-order valence-electron chi connectivity index (χ3n) is 5.04. The van der Waals surface area contributed by atoms with E-state index in [9.17, 15) is 4.79 Å². The van der Waals surface area contributed by atoms with Gasteiger partial charge in [-0.05, 0) is 30.5 Å². The molecule has 4 rings (SSSR count). The first-order chi connectivity index (χ1) is 11.1. The number of fused-ring (bicyclic) bond motifs is 3. The topological polar surface area (TPSA) is 34.5 Å². The molecule has 4 atom stereocenters. The van der Waals surface area contributed by atoms with Gasteiger partial charge in [0.15, 0.2) is 6.23 Å². The van der Waals surface area contributed by atoms with Crippen molar-refractivity contribution in [3.05, 3.63) is 59.9 Å². The number of amides is 1. The van der Waals surface area contributed by atoms with Crippen LogP contribution in [0.1, 0.15) is 50.4 Å². The van der Waals surface area contributed by atoms with E-state index in [1.54, 1.807) is 0 Å². The van der Waals surface area contributed by atoms with Crippen molar-refractivity contribution in [2.45, 2.75) is 45.2 Å². The van der Waals surface area contributed by atoms with Gasteiger partial charge in [0.2, 0.25) is 5.91 Å². The number of aromatic nitrogens is 1. The van der Waals surface area contributed by atoms with Gasteiger partial charge in [-0.3, -0.25) is 4.79 Å². The fourth-order valence-corrected chi connectivity index (χ4v) is 3.95. The molecular formula is C19H22N2O2. The Hall–Kier alpha value is -2.07. The lowest BCUT2D eigenvalue weighted by Gasteiger charge is -2.38. The van der Waals surface area contributed by atoms with Gasteiger partial charge in [0.1, 0.15) is 12.1 Å². The van der Waals surface area contributed by atoms with Gasteiger partial charge in [0.05, 0.1) is 11.7 Å². The zero-order valence-corrected chi connectivity index (χ0v) is 13.7. The van der Waals surface area contributed by atoms with Gasteiger partial charge in [-0.1, -0.05) is 44.2 Å². The van der Waals surface area contributed by atoms with Gasteiger partial charge < -0.3 is 14.2 Å². The van der Waals surface area contributed by atoms with Crippen molar-refractivity contribution in [2.24, 2.45) is 5.92 Å². The van der Waals surface area contributed by atoms with Gasteiger partial charge in [-0.15, -0.1) is 0 Å². The molecule has 2 aliphatic heterocycles. The Kier molecular flexibility index (Phi) is 3.31. The summed E-state index contributed by atoms with van der Waals surface area (Å²) in [6, 6.07) is 14.1. The summed E-state index contributed by atoms with van der Waals surface area (Å²) in [5.41, 5.74) is 2.20. The first-order valence-electron chi connectivity index (χ1n) is 8.29. The van der Waals surface area contributed by atoms with E-state index < -0.39 is 0 Å². The van der Waals surface area contributed by atoms with Crippen LogP contribution in [0.4, 0.5) is 0 Å². The Labute approximate surface area is 136 Å². The third-order valence-corrected chi connectivity index (χ3v) is 5.04. The predicted octanol–water partition coefficient (Wildman–Crippen LogP) is 3.69. The summed E-state index contributed by atoms with van der Waals surface area (Å²) in [5, 5.41) is 0. The summed E-state index contributed by atoms with van der Waals surface area (Å²) in [7, 11) is 0. The van der Waals surface area contributed by atoms with Crippen LogP contribution < -0.4 is 0 Å². The lowest BCUT2D eigenvalue weighted by Crippen LogP contribution is -2.47. The molecule has 1 amide bonds. The molecule has 120 valence electrons. The molecule has 1 saturated heterocycles. The van der Waals surface area contributed by atoms with Crippen molar-refractivity contribution in [3.8, 4) is 0 Å². The van der Waals surface area contributed by atoms with Crippen molar-refractivity contribution >= 4 is 5.91 Å². The molecule has 4 nitrogen and oxygen atoms in total. The minimum atomic E-state index is -0.285. The Bertz CT molecular complexity index is 722. The molecule has 1 aromatic carbocycles. The van der Waals surface area contributed by atoms with Crippen LogP contribution in [0, 0.1) is 5.92 Å². The van der Waals surface area contributed by atoms with Crippen molar-refractivity contribution < 1.29 is 9.53 Å². The number of carbonyl (C=O) groups excluding carboxylic acids is 1. The normalized spacial score (nSPS) is 29.7. The summed E-state index contributed by atoms with van der Waals surface area (Å²) in [6.45, 7) is 6.29. The van der Waals surface area contributed by atoms with E-state index >= 15 is 0 Å². The van der Waals surface area contributed by atoms with Gasteiger partial charge in [-0.25, -0.2) is 0 Å². The zero-order valence-electron chi connectivity index (χ0n) is 13.7. The lowest BCUT2D eigenvalue weighted by molar-refractivity contribution is -0.147. The van der Waals surface area contributed by atoms with Crippen LogP contribution in [-0.4, -0.2) is 21.4 Å². The highest BCUT2D eigenvalue weighted by atomic mass is 16.5. The molecule has 0 spiro atoms. The fraction of sp³-hybridized carbons (Fsp3) is 0.421. The Morgan fingerprint density at radius 3 is 2.52 bits per heavy atom. The molecule has 0 unspecified atom stereocenters. The molecule has 0 aliphatic carbocycles. The van der Waals surface area contributed by atoms with E-state index in [1.807, 2.05) is 35.4 Å². The van der Waals surface area contributed by atoms with Crippen molar-refractivity contribution in [2.75, 3.05) is 0 Å². The van der Waals surface area contributed by atoms with Gasteiger partial charge in [0, 0.05) is 6.20 Å². The van der Waals surface area contributed by atoms with Crippen molar-refractivity contribution in [1.29, 1.82) is 0 Å². The molecule has 0 N–H and O–H groups in total. The Morgan fingerprint density at radius 1 is 1.09 bits per heavy atom. The quantitative estimate of drug-likeness (QED) is 0.848. The molecule has 2 aliphatic rings. The fourth-order valence-electron chi connectivity index (χ4n) is 3.95. The summed E-state index contributed by atoms with van der Waals surface area (Å²) in [5.74, 6) is 0.414. The highest BCUT2D eigenvalue weighted by Crippen LogP contribution is 2.47. The van der Waals surface area contributed by atoms with E-state index in [0.717, 1.165) is 11.3 Å². The van der Waals surface area contributed by atoms with Gasteiger partial charge in [-0.2, -0.15) is 0 Å². The number of hydrogen-bond acceptors (Lipinski definition) is 2. The van der Waals surface area contributed by atoms with E-state index in [2.05, 4.69) is 43.5 Å². The third kappa shape index (κ3) is 2.05. The molecular weight excluding hydrogens is 288 g/mol. The van der Waals surface area contributed by atoms with Crippen LogP contribution in [0.3, 0.4) is 0 Å². The maximum absolute atomic E-state index is 13.1. The second-order valence-corrected chi connectivity index (χ2v) is 6.84. The van der Waals surface area contributed by atoms with Crippen LogP contribution in [-0.2, 0) is 9.53 Å². The molecule has 0 saturated carbocycles. The van der Waals surface area contributed by atoms with Crippen LogP contribution in [0.2, 0.25) is 0 Å². The molecule has 0 bridgehead atoms. The van der Waals surface area contributed by atoms with Crippen LogP contribution >= 0.6 is 0 Å². The standard InChI is InChI=1S/C19H22N2O2/c1-12(2)16-18(22)21-13(3)17(14-8-5-4-6-9-14)23-19(21)15-10-7-11-20(15)16/h4-13,16-17,19H,1-3H3/t13-,16+,17-,19+/m0/s1. The summed E-state index contributed by atoms with van der Waals surface area (Å²) in [4.78, 5) is 15.1. The van der Waals surface area contributed by atoms with E-state index in [-0.39, 0.29) is 36.2 Å². The summed E-state index contributed by atoms with van der Waals surface area (Å²) >= 11 is 0. The largest absolute Gasteiger partial charge is 0.342 e. The number of rotatable bonds is 2. The molecule has 2 aromatic rings. The monoisotopic (exact) mass is 310 g/mol. The molecule has 1 fully saturated rings. The number of carbonyl (C=O) groups is 1. The zero-order chi connectivity index (χ0) is 16.1. The summed E-state index contributed by atoms with van der Waals surface area (Å²) < 4.78 is 8.42. The number of ether oxygens (including phenoxy) is 1. The van der Waals surface area contributed by atoms with Crippen molar-refractivity contribution in [1.82, 2.24) is 9.47 Å². The van der Waals surface area contributed by atoms with E-state index in [1.165, 1.54) is 0 Å². The SMILES string of the molecule is CC(C)[C@@H]1C(=O)N2[C@H](O[C@H](c3ccccc3)[C@@H]2C)c2cccn21. The average Bonchev–Trinajstić information content (AvgIpc) is 3.13. The summed E-state index contributed by atoms with van der Waals surface area (Å²) in [6.07, 6.45) is 1.63. The van der Waals surface area contributed by atoms with Crippen LogP contribution in [0.25, 0.3) is 0 Å². The van der Waals surface area contributed by atoms with E-state index in [4.69, 9.17) is 4.74 Å². The van der Waals surface area contributed by atoms with E-state index in [0.29, 0.717) is 0 Å². The first-order valence-corrected chi connectivity index (χ1v) is 8.29. The average molecular weight is 310 g/mol. The smallest absolute Gasteiger partial charge is 0.248 e.